The van der Waals surface area contributed by atoms with Gasteiger partial charge in [-0.3, -0.25) is 0 Å². The zero-order valence-electron chi connectivity index (χ0n) is 12.1. The molecular weight excluding hydrogens is 262 g/mol. The van der Waals surface area contributed by atoms with Crippen LogP contribution in [0.2, 0.25) is 0 Å². The van der Waals surface area contributed by atoms with Gasteiger partial charge in [-0.2, -0.15) is 17.0 Å². The number of hydrogen-bond donors (Lipinski definition) is 1. The van der Waals surface area contributed by atoms with Crippen molar-refractivity contribution in [1.82, 2.24) is 13.9 Å². The van der Waals surface area contributed by atoms with Crippen molar-refractivity contribution in [2.24, 2.45) is 5.92 Å². The van der Waals surface area contributed by atoms with E-state index in [9.17, 15) is 8.42 Å². The molecule has 2 fully saturated rings. The minimum absolute atomic E-state index is 0.128. The van der Waals surface area contributed by atoms with Gasteiger partial charge in [0.05, 0.1) is 0 Å². The smallest absolute Gasteiger partial charge is 0.282 e. The van der Waals surface area contributed by atoms with Crippen molar-refractivity contribution in [3.63, 3.8) is 0 Å². The van der Waals surface area contributed by atoms with Crippen LogP contribution in [-0.2, 0) is 10.2 Å². The molecule has 0 amide bonds. The van der Waals surface area contributed by atoms with Gasteiger partial charge < -0.3 is 5.32 Å². The Morgan fingerprint density at radius 2 is 1.95 bits per heavy atom. The summed E-state index contributed by atoms with van der Waals surface area (Å²) in [6.45, 7) is 7.87. The van der Waals surface area contributed by atoms with Crippen LogP contribution in [0.3, 0.4) is 0 Å². The summed E-state index contributed by atoms with van der Waals surface area (Å²) < 4.78 is 28.9. The zero-order valence-corrected chi connectivity index (χ0v) is 13.0. The first-order chi connectivity index (χ1) is 9.05. The van der Waals surface area contributed by atoms with Gasteiger partial charge in [-0.1, -0.05) is 13.8 Å². The van der Waals surface area contributed by atoms with Gasteiger partial charge in [0.1, 0.15) is 0 Å². The average Bonchev–Trinajstić information content (AvgIpc) is 2.41. The average molecular weight is 289 g/mol. The van der Waals surface area contributed by atoms with Crippen LogP contribution < -0.4 is 5.32 Å². The van der Waals surface area contributed by atoms with E-state index in [2.05, 4.69) is 12.2 Å². The largest absolute Gasteiger partial charge is 0.315 e. The molecule has 0 aromatic rings. The predicted octanol–water partition coefficient (Wildman–Crippen LogP) is 1.04. The van der Waals surface area contributed by atoms with Gasteiger partial charge >= 0.3 is 0 Å². The molecule has 112 valence electrons. The lowest BCUT2D eigenvalue weighted by atomic mass is 10.0. The second-order valence-electron chi connectivity index (χ2n) is 5.79. The lowest BCUT2D eigenvalue weighted by Gasteiger charge is -2.38. The van der Waals surface area contributed by atoms with Gasteiger partial charge in [0.25, 0.3) is 10.2 Å². The lowest BCUT2D eigenvalue weighted by molar-refractivity contribution is 0.228. The molecule has 0 bridgehead atoms. The van der Waals surface area contributed by atoms with E-state index in [-0.39, 0.29) is 6.04 Å². The van der Waals surface area contributed by atoms with Gasteiger partial charge in [-0.15, -0.1) is 0 Å². The van der Waals surface area contributed by atoms with Crippen LogP contribution in [0.1, 0.15) is 39.5 Å². The van der Waals surface area contributed by atoms with Crippen LogP contribution >= 0.6 is 0 Å². The van der Waals surface area contributed by atoms with E-state index in [1.54, 1.807) is 8.61 Å². The van der Waals surface area contributed by atoms with Crippen molar-refractivity contribution < 1.29 is 8.42 Å². The SMILES string of the molecule is CCN(C1CCCNC1)S(=O)(=O)N1CCC(C)CC1. The Morgan fingerprint density at radius 1 is 1.26 bits per heavy atom. The number of hydrogen-bond acceptors (Lipinski definition) is 3. The maximum atomic E-state index is 12.7. The molecule has 2 aliphatic heterocycles. The number of likely N-dealkylation sites (N-methyl/N-ethyl adjacent to an activating group) is 1. The third-order valence-corrected chi connectivity index (χ3v) is 6.52. The minimum atomic E-state index is -3.27. The van der Waals surface area contributed by atoms with Crippen molar-refractivity contribution in [2.45, 2.75) is 45.6 Å². The first kappa shape index (κ1) is 15.2. The van der Waals surface area contributed by atoms with Gasteiger partial charge in [-0.05, 0) is 38.1 Å². The molecule has 2 heterocycles. The molecular formula is C13H27N3O2S. The Labute approximate surface area is 117 Å². The standard InChI is InChI=1S/C13H27N3O2S/c1-3-16(13-5-4-8-14-11-13)19(17,18)15-9-6-12(2)7-10-15/h12-14H,3-11H2,1-2H3. The Kier molecular flexibility index (Phi) is 5.22. The molecule has 0 aromatic heterocycles. The molecule has 1 N–H and O–H groups in total. The highest BCUT2D eigenvalue weighted by Crippen LogP contribution is 2.23. The van der Waals surface area contributed by atoms with E-state index in [0.29, 0.717) is 25.6 Å². The van der Waals surface area contributed by atoms with E-state index in [1.807, 2.05) is 6.92 Å². The molecule has 5 nitrogen and oxygen atoms in total. The minimum Gasteiger partial charge on any atom is -0.315 e. The zero-order chi connectivity index (χ0) is 13.9. The number of nitrogens with one attached hydrogen (secondary N) is 1. The second-order valence-corrected chi connectivity index (χ2v) is 7.67. The summed E-state index contributed by atoms with van der Waals surface area (Å²) in [5.41, 5.74) is 0. The first-order valence-electron chi connectivity index (χ1n) is 7.53. The fourth-order valence-electron chi connectivity index (χ4n) is 3.05. The highest BCUT2D eigenvalue weighted by molar-refractivity contribution is 7.86. The third kappa shape index (κ3) is 3.48. The molecule has 0 aliphatic carbocycles. The van der Waals surface area contributed by atoms with Crippen molar-refractivity contribution in [2.75, 3.05) is 32.7 Å². The molecule has 1 unspecified atom stereocenters. The molecule has 1 atom stereocenters. The van der Waals surface area contributed by atoms with E-state index in [1.165, 1.54) is 0 Å². The molecule has 2 rings (SSSR count). The van der Waals surface area contributed by atoms with Gasteiger partial charge in [0.15, 0.2) is 0 Å². The van der Waals surface area contributed by atoms with Crippen molar-refractivity contribution in [3.8, 4) is 0 Å². The summed E-state index contributed by atoms with van der Waals surface area (Å²) in [5, 5.41) is 3.31. The fourth-order valence-corrected chi connectivity index (χ4v) is 4.90. The van der Waals surface area contributed by atoms with Crippen LogP contribution in [0.4, 0.5) is 0 Å². The van der Waals surface area contributed by atoms with Crippen LogP contribution in [0.25, 0.3) is 0 Å². The van der Waals surface area contributed by atoms with Crippen molar-refractivity contribution >= 4 is 10.2 Å². The maximum absolute atomic E-state index is 12.7. The quantitative estimate of drug-likeness (QED) is 0.841. The van der Waals surface area contributed by atoms with E-state index in [4.69, 9.17) is 0 Å². The summed E-state index contributed by atoms with van der Waals surface area (Å²) in [7, 11) is -3.27. The Morgan fingerprint density at radius 3 is 2.47 bits per heavy atom. The van der Waals surface area contributed by atoms with E-state index < -0.39 is 10.2 Å². The van der Waals surface area contributed by atoms with Crippen LogP contribution in [-0.4, -0.2) is 55.8 Å². The highest BCUT2D eigenvalue weighted by Gasteiger charge is 2.35. The molecule has 0 aromatic carbocycles. The van der Waals surface area contributed by atoms with Crippen molar-refractivity contribution in [1.29, 1.82) is 0 Å². The fraction of sp³-hybridized carbons (Fsp3) is 1.00. The van der Waals surface area contributed by atoms with Crippen LogP contribution in [0.15, 0.2) is 0 Å². The maximum Gasteiger partial charge on any atom is 0.282 e. The van der Waals surface area contributed by atoms with Gasteiger partial charge in [-0.25, -0.2) is 0 Å². The Hall–Kier alpha value is -0.170. The Balaban J connectivity index is 2.07. The highest BCUT2D eigenvalue weighted by atomic mass is 32.2. The van der Waals surface area contributed by atoms with E-state index in [0.717, 1.165) is 38.8 Å². The van der Waals surface area contributed by atoms with Gasteiger partial charge in [0, 0.05) is 32.2 Å². The third-order valence-electron chi connectivity index (χ3n) is 4.36. The monoisotopic (exact) mass is 289 g/mol. The van der Waals surface area contributed by atoms with E-state index >= 15 is 0 Å². The predicted molar refractivity (Wildman–Crippen MR) is 77.2 cm³/mol. The topological polar surface area (TPSA) is 52.7 Å². The van der Waals surface area contributed by atoms with Crippen molar-refractivity contribution in [3.05, 3.63) is 0 Å². The molecule has 0 saturated carbocycles. The molecule has 6 heteroatoms. The molecule has 19 heavy (non-hydrogen) atoms. The molecule has 2 saturated heterocycles. The summed E-state index contributed by atoms with van der Waals surface area (Å²) in [4.78, 5) is 0. The van der Waals surface area contributed by atoms with Crippen LogP contribution in [0, 0.1) is 5.92 Å². The van der Waals surface area contributed by atoms with Gasteiger partial charge in [0.2, 0.25) is 0 Å². The number of nitrogens with zero attached hydrogens (tertiary/aromatic N) is 2. The second kappa shape index (κ2) is 6.52. The molecule has 2 aliphatic rings. The summed E-state index contributed by atoms with van der Waals surface area (Å²) >= 11 is 0. The summed E-state index contributed by atoms with van der Waals surface area (Å²) in [5.74, 6) is 0.651. The summed E-state index contributed by atoms with van der Waals surface area (Å²) in [6.07, 6.45) is 4.01. The number of rotatable bonds is 4. The number of piperidine rings is 2. The molecule has 0 spiro atoms. The normalized spacial score (nSPS) is 27.8. The lowest BCUT2D eigenvalue weighted by Crippen LogP contribution is -2.54. The van der Waals surface area contributed by atoms with Crippen LogP contribution in [0.5, 0.6) is 0 Å². The molecule has 0 radical (unpaired) electrons. The summed E-state index contributed by atoms with van der Waals surface area (Å²) in [6, 6.07) is 0.128. The first-order valence-corrected chi connectivity index (χ1v) is 8.93. The Bertz CT molecular complexity index is 371.